The number of hydrogen-bond donors (Lipinski definition) is 3. The molecule has 0 aliphatic carbocycles. The van der Waals surface area contributed by atoms with Crippen LogP contribution in [0.2, 0.25) is 0 Å². The van der Waals surface area contributed by atoms with Crippen molar-refractivity contribution in [2.75, 3.05) is 23.8 Å². The highest BCUT2D eigenvalue weighted by molar-refractivity contribution is 5.99. The number of nitrogens with one attached hydrogen (secondary N) is 3. The Hall–Kier alpha value is -4.28. The van der Waals surface area contributed by atoms with Gasteiger partial charge in [0.2, 0.25) is 11.8 Å². The lowest BCUT2D eigenvalue weighted by Crippen LogP contribution is -2.45. The molecule has 2 aromatic carbocycles. The second kappa shape index (κ2) is 13.5. The number of rotatable bonds is 13. The van der Waals surface area contributed by atoms with Crippen LogP contribution in [0.15, 0.2) is 47.3 Å². The Balaban J connectivity index is 1.17. The standard InChI is InChI=1S/C28H34N6O5/c1-19(35)30-20-11-13-21(14-12-20)39-18-7-5-3-2-4-6-17-29-22-9-8-10-23-26(22)28(38)34(33-32-23)24-15-16-25(36)31-27(24)37/h8-14,24,29H,2-7,15-18H2,1H3,(H,30,35)(H,31,36,37). The maximum atomic E-state index is 13.2. The quantitative estimate of drug-likeness (QED) is 0.223. The molecule has 1 fully saturated rings. The minimum absolute atomic E-state index is 0.0980. The van der Waals surface area contributed by atoms with Crippen LogP contribution in [0.1, 0.15) is 64.3 Å². The van der Waals surface area contributed by atoms with Crippen LogP contribution in [0.3, 0.4) is 0 Å². The summed E-state index contributed by atoms with van der Waals surface area (Å²) in [7, 11) is 0. The van der Waals surface area contributed by atoms with Gasteiger partial charge in [0.05, 0.1) is 12.0 Å². The van der Waals surface area contributed by atoms with E-state index in [0.29, 0.717) is 29.7 Å². The van der Waals surface area contributed by atoms with Crippen molar-refractivity contribution in [1.29, 1.82) is 0 Å². The third-order valence-corrected chi connectivity index (χ3v) is 6.55. The molecule has 3 amide bonds. The minimum Gasteiger partial charge on any atom is -0.494 e. The van der Waals surface area contributed by atoms with Gasteiger partial charge in [-0.15, -0.1) is 5.10 Å². The molecule has 1 atom stereocenters. The predicted octanol–water partition coefficient (Wildman–Crippen LogP) is 3.56. The number of aromatic nitrogens is 3. The van der Waals surface area contributed by atoms with E-state index in [9.17, 15) is 19.2 Å². The van der Waals surface area contributed by atoms with Crippen molar-refractivity contribution in [1.82, 2.24) is 20.3 Å². The fourth-order valence-corrected chi connectivity index (χ4v) is 4.55. The first-order valence-electron chi connectivity index (χ1n) is 13.4. The van der Waals surface area contributed by atoms with E-state index < -0.39 is 17.5 Å². The molecule has 1 aliphatic heterocycles. The van der Waals surface area contributed by atoms with Crippen LogP contribution in [0.25, 0.3) is 10.9 Å². The molecule has 2 heterocycles. The number of amides is 3. The van der Waals surface area contributed by atoms with E-state index in [2.05, 4.69) is 26.3 Å². The van der Waals surface area contributed by atoms with E-state index in [4.69, 9.17) is 4.74 Å². The molecule has 11 nitrogen and oxygen atoms in total. The lowest BCUT2D eigenvalue weighted by Gasteiger charge is -2.21. The Morgan fingerprint density at radius 1 is 1.03 bits per heavy atom. The molecule has 206 valence electrons. The summed E-state index contributed by atoms with van der Waals surface area (Å²) in [5.41, 5.74) is 1.47. The molecule has 0 bridgehead atoms. The average molecular weight is 535 g/mol. The number of anilines is 2. The second-order valence-corrected chi connectivity index (χ2v) is 9.61. The van der Waals surface area contributed by atoms with Crippen LogP contribution in [-0.2, 0) is 14.4 Å². The fraction of sp³-hybridized carbons (Fsp3) is 0.429. The maximum absolute atomic E-state index is 13.2. The van der Waals surface area contributed by atoms with Crippen LogP contribution in [-0.4, -0.2) is 45.9 Å². The van der Waals surface area contributed by atoms with Gasteiger partial charge < -0.3 is 15.4 Å². The van der Waals surface area contributed by atoms with E-state index >= 15 is 0 Å². The van der Waals surface area contributed by atoms with E-state index in [0.717, 1.165) is 54.6 Å². The van der Waals surface area contributed by atoms with Crippen molar-refractivity contribution in [3.05, 3.63) is 52.8 Å². The molecule has 0 saturated carbocycles. The number of benzene rings is 2. The Morgan fingerprint density at radius 2 is 1.77 bits per heavy atom. The summed E-state index contributed by atoms with van der Waals surface area (Å²) in [6.07, 6.45) is 6.67. The summed E-state index contributed by atoms with van der Waals surface area (Å²) >= 11 is 0. The van der Waals surface area contributed by atoms with Crippen LogP contribution in [0.5, 0.6) is 5.75 Å². The zero-order chi connectivity index (χ0) is 27.6. The number of piperidine rings is 1. The van der Waals surface area contributed by atoms with Gasteiger partial charge in [0.1, 0.15) is 17.3 Å². The third kappa shape index (κ3) is 7.62. The number of ether oxygens (including phenoxy) is 1. The van der Waals surface area contributed by atoms with E-state index in [-0.39, 0.29) is 24.7 Å². The molecule has 1 unspecified atom stereocenters. The predicted molar refractivity (Wildman–Crippen MR) is 148 cm³/mol. The molecule has 0 spiro atoms. The SMILES string of the molecule is CC(=O)Nc1ccc(OCCCCCCCCNc2cccc3nnn(C4CCC(=O)NC4=O)c(=O)c23)cc1. The smallest absolute Gasteiger partial charge is 0.280 e. The Labute approximate surface area is 226 Å². The Bertz CT molecular complexity index is 1370. The summed E-state index contributed by atoms with van der Waals surface area (Å²) in [5.74, 6) is -0.186. The van der Waals surface area contributed by atoms with Crippen molar-refractivity contribution in [2.24, 2.45) is 0 Å². The van der Waals surface area contributed by atoms with E-state index in [1.54, 1.807) is 6.07 Å². The molecule has 11 heteroatoms. The lowest BCUT2D eigenvalue weighted by atomic mass is 10.1. The number of nitrogens with zero attached hydrogens (tertiary/aromatic N) is 3. The number of imide groups is 1. The van der Waals surface area contributed by atoms with Gasteiger partial charge in [-0.2, -0.15) is 4.68 Å². The van der Waals surface area contributed by atoms with Gasteiger partial charge in [-0.1, -0.05) is 37.0 Å². The van der Waals surface area contributed by atoms with Gasteiger partial charge in [-0.3, -0.25) is 24.5 Å². The normalized spacial score (nSPS) is 15.2. The monoisotopic (exact) mass is 534 g/mol. The van der Waals surface area contributed by atoms with Gasteiger partial charge in [0, 0.05) is 31.3 Å². The van der Waals surface area contributed by atoms with Crippen molar-refractivity contribution < 1.29 is 19.1 Å². The van der Waals surface area contributed by atoms with Crippen molar-refractivity contribution in [3.8, 4) is 5.75 Å². The van der Waals surface area contributed by atoms with Crippen LogP contribution in [0, 0.1) is 0 Å². The molecular formula is C28H34N6O5. The highest BCUT2D eigenvalue weighted by Crippen LogP contribution is 2.21. The topological polar surface area (TPSA) is 144 Å². The van der Waals surface area contributed by atoms with Gasteiger partial charge in [-0.25, -0.2) is 0 Å². The summed E-state index contributed by atoms with van der Waals surface area (Å²) in [6.45, 7) is 2.84. The van der Waals surface area contributed by atoms with Gasteiger partial charge >= 0.3 is 0 Å². The van der Waals surface area contributed by atoms with Crippen molar-refractivity contribution in [2.45, 2.75) is 64.3 Å². The molecule has 0 radical (unpaired) electrons. The summed E-state index contributed by atoms with van der Waals surface area (Å²) < 4.78 is 6.85. The largest absolute Gasteiger partial charge is 0.494 e. The molecular weight excluding hydrogens is 500 g/mol. The molecule has 1 aliphatic rings. The number of unbranched alkanes of at least 4 members (excludes halogenated alkanes) is 5. The van der Waals surface area contributed by atoms with Crippen molar-refractivity contribution >= 4 is 40.0 Å². The maximum Gasteiger partial charge on any atom is 0.280 e. The number of fused-ring (bicyclic) bond motifs is 1. The Morgan fingerprint density at radius 3 is 2.51 bits per heavy atom. The van der Waals surface area contributed by atoms with Gasteiger partial charge in [0.15, 0.2) is 0 Å². The number of carbonyl (C=O) groups is 3. The average Bonchev–Trinajstić information content (AvgIpc) is 2.91. The summed E-state index contributed by atoms with van der Waals surface area (Å²) in [4.78, 5) is 48.0. The molecule has 3 N–H and O–H groups in total. The Kier molecular flexibility index (Phi) is 9.60. The minimum atomic E-state index is -0.846. The molecule has 4 rings (SSSR count). The first kappa shape index (κ1) is 27.7. The number of hydrogen-bond acceptors (Lipinski definition) is 8. The zero-order valence-electron chi connectivity index (χ0n) is 22.1. The molecule has 1 aromatic heterocycles. The summed E-state index contributed by atoms with van der Waals surface area (Å²) in [6, 6.07) is 11.9. The highest BCUT2D eigenvalue weighted by atomic mass is 16.5. The summed E-state index contributed by atoms with van der Waals surface area (Å²) in [5, 5.41) is 16.8. The van der Waals surface area contributed by atoms with Crippen molar-refractivity contribution in [3.63, 3.8) is 0 Å². The molecule has 1 saturated heterocycles. The lowest BCUT2D eigenvalue weighted by molar-refractivity contribution is -0.136. The van der Waals surface area contributed by atoms with Crippen LogP contribution in [0.4, 0.5) is 11.4 Å². The highest BCUT2D eigenvalue weighted by Gasteiger charge is 2.30. The zero-order valence-corrected chi connectivity index (χ0v) is 22.1. The van der Waals surface area contributed by atoms with E-state index in [1.807, 2.05) is 36.4 Å². The first-order chi connectivity index (χ1) is 18.9. The second-order valence-electron chi connectivity index (χ2n) is 9.61. The number of carbonyl (C=O) groups excluding carboxylic acids is 3. The van der Waals surface area contributed by atoms with Crippen LogP contribution >= 0.6 is 0 Å². The van der Waals surface area contributed by atoms with E-state index in [1.165, 1.54) is 6.92 Å². The van der Waals surface area contributed by atoms with Gasteiger partial charge in [-0.05, 0) is 55.7 Å². The van der Waals surface area contributed by atoms with Crippen LogP contribution < -0.4 is 26.2 Å². The third-order valence-electron chi connectivity index (χ3n) is 6.55. The first-order valence-corrected chi connectivity index (χ1v) is 13.4. The van der Waals surface area contributed by atoms with Gasteiger partial charge in [0.25, 0.3) is 11.5 Å². The molecule has 39 heavy (non-hydrogen) atoms. The molecule has 3 aromatic rings. The fourth-order valence-electron chi connectivity index (χ4n) is 4.55.